The summed E-state index contributed by atoms with van der Waals surface area (Å²) in [6, 6.07) is 2.67. The van der Waals surface area contributed by atoms with Gasteiger partial charge >= 0.3 is 0 Å². The van der Waals surface area contributed by atoms with Crippen LogP contribution in [0.1, 0.15) is 32.6 Å². The molecule has 1 aromatic rings. The monoisotopic (exact) mass is 233 g/mol. The van der Waals surface area contributed by atoms with Crippen LogP contribution < -0.4 is 10.2 Å². The summed E-state index contributed by atoms with van der Waals surface area (Å²) in [7, 11) is 4.15. The van der Waals surface area contributed by atoms with E-state index in [2.05, 4.69) is 42.3 Å². The molecule has 2 atom stereocenters. The number of hydrogen-bond acceptors (Lipinski definition) is 3. The van der Waals surface area contributed by atoms with E-state index in [4.69, 9.17) is 0 Å². The Hall–Kier alpha value is -1.25. The van der Waals surface area contributed by atoms with Gasteiger partial charge in [-0.15, -0.1) is 0 Å². The molecule has 2 rings (SSSR count). The van der Waals surface area contributed by atoms with Gasteiger partial charge in [-0.05, 0) is 24.8 Å². The molecule has 1 fully saturated rings. The molecule has 17 heavy (non-hydrogen) atoms. The molecular formula is C14H23N3. The van der Waals surface area contributed by atoms with E-state index in [-0.39, 0.29) is 0 Å². The Labute approximate surface area is 104 Å². The molecule has 0 amide bonds. The lowest BCUT2D eigenvalue weighted by Gasteiger charge is -2.31. The lowest BCUT2D eigenvalue weighted by Crippen LogP contribution is -2.31. The van der Waals surface area contributed by atoms with Crippen molar-refractivity contribution in [2.45, 2.75) is 38.6 Å². The van der Waals surface area contributed by atoms with Crippen LogP contribution in [0, 0.1) is 5.92 Å². The molecule has 0 radical (unpaired) electrons. The van der Waals surface area contributed by atoms with Crippen LogP contribution in [0.2, 0.25) is 0 Å². The van der Waals surface area contributed by atoms with Crippen LogP contribution in [-0.4, -0.2) is 25.1 Å². The van der Waals surface area contributed by atoms with E-state index in [1.165, 1.54) is 31.4 Å². The van der Waals surface area contributed by atoms with E-state index in [9.17, 15) is 0 Å². The van der Waals surface area contributed by atoms with Crippen LogP contribution in [0.15, 0.2) is 18.5 Å². The van der Waals surface area contributed by atoms with Crippen LogP contribution in [0.5, 0.6) is 0 Å². The predicted octanol–water partition coefficient (Wildman–Crippen LogP) is 3.14. The second-order valence-electron chi connectivity index (χ2n) is 5.30. The van der Waals surface area contributed by atoms with Crippen LogP contribution in [0.3, 0.4) is 0 Å². The molecule has 0 saturated heterocycles. The van der Waals surface area contributed by atoms with Gasteiger partial charge in [0.15, 0.2) is 0 Å². The number of nitrogens with zero attached hydrogens (tertiary/aromatic N) is 2. The zero-order chi connectivity index (χ0) is 12.3. The Morgan fingerprint density at radius 3 is 2.76 bits per heavy atom. The van der Waals surface area contributed by atoms with Crippen molar-refractivity contribution < 1.29 is 0 Å². The minimum absolute atomic E-state index is 0.603. The molecule has 1 heterocycles. The summed E-state index contributed by atoms with van der Waals surface area (Å²) in [5.74, 6) is 0.763. The van der Waals surface area contributed by atoms with Crippen molar-refractivity contribution in [3.63, 3.8) is 0 Å². The van der Waals surface area contributed by atoms with Gasteiger partial charge in [0.2, 0.25) is 0 Å². The lowest BCUT2D eigenvalue weighted by atomic mass is 9.86. The maximum absolute atomic E-state index is 4.23. The Morgan fingerprint density at radius 2 is 2.06 bits per heavy atom. The molecule has 0 bridgehead atoms. The smallest absolute Gasteiger partial charge is 0.0766 e. The topological polar surface area (TPSA) is 28.2 Å². The Morgan fingerprint density at radius 1 is 1.29 bits per heavy atom. The van der Waals surface area contributed by atoms with Gasteiger partial charge in [-0.1, -0.05) is 19.8 Å². The quantitative estimate of drug-likeness (QED) is 0.869. The van der Waals surface area contributed by atoms with E-state index in [1.54, 1.807) is 0 Å². The summed E-state index contributed by atoms with van der Waals surface area (Å²) in [6.07, 6.45) is 9.14. The standard InChI is InChI=1S/C14H23N3/c1-11-6-4-5-7-12(11)16-13-10-15-9-8-14(13)17(2)3/h8-12,16H,4-7H2,1-3H3. The molecule has 1 saturated carbocycles. The number of anilines is 2. The zero-order valence-electron chi connectivity index (χ0n) is 11.1. The maximum Gasteiger partial charge on any atom is 0.0766 e. The first-order chi connectivity index (χ1) is 8.18. The average Bonchev–Trinajstić information content (AvgIpc) is 2.32. The third kappa shape index (κ3) is 2.90. The Kier molecular flexibility index (Phi) is 3.87. The fourth-order valence-corrected chi connectivity index (χ4v) is 2.62. The van der Waals surface area contributed by atoms with Gasteiger partial charge in [-0.2, -0.15) is 0 Å². The molecule has 1 aromatic heterocycles. The van der Waals surface area contributed by atoms with Crippen molar-refractivity contribution in [2.75, 3.05) is 24.3 Å². The van der Waals surface area contributed by atoms with E-state index < -0.39 is 0 Å². The fourth-order valence-electron chi connectivity index (χ4n) is 2.62. The molecule has 2 unspecified atom stereocenters. The van der Waals surface area contributed by atoms with Gasteiger partial charge in [0.05, 0.1) is 17.6 Å². The minimum Gasteiger partial charge on any atom is -0.379 e. The largest absolute Gasteiger partial charge is 0.379 e. The van der Waals surface area contributed by atoms with Crippen molar-refractivity contribution in [1.82, 2.24) is 4.98 Å². The van der Waals surface area contributed by atoms with Crippen molar-refractivity contribution in [3.8, 4) is 0 Å². The number of nitrogens with one attached hydrogen (secondary N) is 1. The average molecular weight is 233 g/mol. The van der Waals surface area contributed by atoms with Crippen LogP contribution in [0.4, 0.5) is 11.4 Å². The zero-order valence-corrected chi connectivity index (χ0v) is 11.1. The second kappa shape index (κ2) is 5.39. The predicted molar refractivity (Wildman–Crippen MR) is 73.6 cm³/mol. The third-order valence-corrected chi connectivity index (χ3v) is 3.73. The van der Waals surface area contributed by atoms with Gasteiger partial charge in [-0.25, -0.2) is 0 Å². The van der Waals surface area contributed by atoms with Crippen molar-refractivity contribution in [1.29, 1.82) is 0 Å². The van der Waals surface area contributed by atoms with Gasteiger partial charge in [0, 0.05) is 26.3 Å². The summed E-state index contributed by atoms with van der Waals surface area (Å²) in [4.78, 5) is 6.37. The first kappa shape index (κ1) is 12.2. The SMILES string of the molecule is CC1CCCCC1Nc1cnccc1N(C)C. The first-order valence-corrected chi connectivity index (χ1v) is 6.56. The highest BCUT2D eigenvalue weighted by molar-refractivity contribution is 5.68. The number of aromatic nitrogens is 1. The summed E-state index contributed by atoms with van der Waals surface area (Å²) >= 11 is 0. The highest BCUT2D eigenvalue weighted by atomic mass is 15.1. The van der Waals surface area contributed by atoms with E-state index in [0.29, 0.717) is 6.04 Å². The minimum atomic E-state index is 0.603. The summed E-state index contributed by atoms with van der Waals surface area (Å²) < 4.78 is 0. The van der Waals surface area contributed by atoms with Crippen molar-refractivity contribution in [2.24, 2.45) is 5.92 Å². The van der Waals surface area contributed by atoms with E-state index >= 15 is 0 Å². The number of pyridine rings is 1. The van der Waals surface area contributed by atoms with Gasteiger partial charge < -0.3 is 10.2 Å². The Balaban J connectivity index is 2.12. The molecule has 3 heteroatoms. The molecule has 0 spiro atoms. The number of rotatable bonds is 3. The molecular weight excluding hydrogens is 210 g/mol. The highest BCUT2D eigenvalue weighted by Crippen LogP contribution is 2.30. The summed E-state index contributed by atoms with van der Waals surface area (Å²) in [5.41, 5.74) is 2.38. The van der Waals surface area contributed by atoms with Gasteiger partial charge in [0.1, 0.15) is 0 Å². The molecule has 3 nitrogen and oxygen atoms in total. The highest BCUT2D eigenvalue weighted by Gasteiger charge is 2.21. The van der Waals surface area contributed by atoms with E-state index in [0.717, 1.165) is 11.6 Å². The fraction of sp³-hybridized carbons (Fsp3) is 0.643. The molecule has 0 aliphatic heterocycles. The molecule has 0 aromatic carbocycles. The van der Waals surface area contributed by atoms with Crippen LogP contribution >= 0.6 is 0 Å². The summed E-state index contributed by atoms with van der Waals surface area (Å²) in [5, 5.41) is 3.68. The van der Waals surface area contributed by atoms with Crippen LogP contribution in [-0.2, 0) is 0 Å². The molecule has 1 aliphatic carbocycles. The molecule has 94 valence electrons. The molecule has 1 aliphatic rings. The van der Waals surface area contributed by atoms with Gasteiger partial charge in [0.25, 0.3) is 0 Å². The third-order valence-electron chi connectivity index (χ3n) is 3.73. The Bertz CT molecular complexity index is 362. The maximum atomic E-state index is 4.23. The summed E-state index contributed by atoms with van der Waals surface area (Å²) in [6.45, 7) is 2.35. The lowest BCUT2D eigenvalue weighted by molar-refractivity contribution is 0.349. The number of hydrogen-bond donors (Lipinski definition) is 1. The van der Waals surface area contributed by atoms with Gasteiger partial charge in [-0.3, -0.25) is 4.98 Å². The first-order valence-electron chi connectivity index (χ1n) is 6.56. The van der Waals surface area contributed by atoms with Crippen LogP contribution in [0.25, 0.3) is 0 Å². The molecule has 1 N–H and O–H groups in total. The van der Waals surface area contributed by atoms with Crippen molar-refractivity contribution >= 4 is 11.4 Å². The van der Waals surface area contributed by atoms with E-state index in [1.807, 2.05) is 12.4 Å². The van der Waals surface area contributed by atoms with Crippen molar-refractivity contribution in [3.05, 3.63) is 18.5 Å². The normalized spacial score (nSPS) is 24.4. The second-order valence-corrected chi connectivity index (χ2v) is 5.30.